The Morgan fingerprint density at radius 2 is 2.41 bits per heavy atom. The Morgan fingerprint density at radius 3 is 3.12 bits per heavy atom. The van der Waals surface area contributed by atoms with Gasteiger partial charge in [0.1, 0.15) is 10.9 Å². The minimum Gasteiger partial charge on any atom is -0.394 e. The van der Waals surface area contributed by atoms with Crippen LogP contribution in [0.15, 0.2) is 28.3 Å². The number of rotatable bonds is 5. The highest BCUT2D eigenvalue weighted by Crippen LogP contribution is 2.21. The minimum atomic E-state index is -0.715. The number of aliphatic hydroxyl groups excluding tert-OH is 2. The number of aliphatic imine (C=N–C) groups is 1. The molecule has 1 aliphatic heterocycles. The van der Waals surface area contributed by atoms with E-state index in [0.717, 1.165) is 29.5 Å². The van der Waals surface area contributed by atoms with Crippen molar-refractivity contribution in [3.05, 3.63) is 23.9 Å². The van der Waals surface area contributed by atoms with Crippen molar-refractivity contribution in [2.75, 3.05) is 25.4 Å². The Balaban J connectivity index is 2.10. The van der Waals surface area contributed by atoms with Crippen molar-refractivity contribution in [1.29, 1.82) is 0 Å². The van der Waals surface area contributed by atoms with E-state index in [-0.39, 0.29) is 6.61 Å². The van der Waals surface area contributed by atoms with Gasteiger partial charge in [-0.1, -0.05) is 0 Å². The summed E-state index contributed by atoms with van der Waals surface area (Å²) < 4.78 is 0. The van der Waals surface area contributed by atoms with E-state index in [9.17, 15) is 5.11 Å². The number of nitrogens with zero attached hydrogens (tertiary/aromatic N) is 2. The molecule has 2 rings (SSSR count). The van der Waals surface area contributed by atoms with Crippen molar-refractivity contribution >= 4 is 17.6 Å². The molecule has 1 aromatic heterocycles. The van der Waals surface area contributed by atoms with Gasteiger partial charge < -0.3 is 15.5 Å². The van der Waals surface area contributed by atoms with Crippen molar-refractivity contribution in [2.45, 2.75) is 11.1 Å². The first kappa shape index (κ1) is 12.3. The van der Waals surface area contributed by atoms with Gasteiger partial charge in [-0.15, -0.1) is 11.8 Å². The molecule has 1 aromatic rings. The summed E-state index contributed by atoms with van der Waals surface area (Å²) in [6.07, 6.45) is 1.00. The van der Waals surface area contributed by atoms with Gasteiger partial charge in [0.05, 0.1) is 19.3 Å². The van der Waals surface area contributed by atoms with E-state index in [1.165, 1.54) is 11.8 Å². The van der Waals surface area contributed by atoms with Crippen LogP contribution in [0.2, 0.25) is 0 Å². The third-order valence-electron chi connectivity index (χ3n) is 2.32. The summed E-state index contributed by atoms with van der Waals surface area (Å²) in [6, 6.07) is 3.82. The van der Waals surface area contributed by atoms with Gasteiger partial charge in [0.25, 0.3) is 0 Å². The van der Waals surface area contributed by atoms with E-state index in [1.807, 2.05) is 12.1 Å². The monoisotopic (exact) mass is 253 g/mol. The van der Waals surface area contributed by atoms with Gasteiger partial charge in [0.15, 0.2) is 0 Å². The predicted octanol–water partition coefficient (Wildman–Crippen LogP) is -0.123. The van der Waals surface area contributed by atoms with E-state index in [1.54, 1.807) is 6.20 Å². The zero-order valence-corrected chi connectivity index (χ0v) is 10.2. The Labute approximate surface area is 104 Å². The summed E-state index contributed by atoms with van der Waals surface area (Å²) in [6.45, 7) is 1.41. The van der Waals surface area contributed by atoms with Crippen LogP contribution in [-0.2, 0) is 0 Å². The molecule has 0 amide bonds. The van der Waals surface area contributed by atoms with Crippen LogP contribution in [-0.4, -0.2) is 52.6 Å². The van der Waals surface area contributed by atoms with Crippen LogP contribution in [0.1, 0.15) is 5.56 Å². The van der Waals surface area contributed by atoms with E-state index in [2.05, 4.69) is 15.3 Å². The zero-order chi connectivity index (χ0) is 12.1. The molecular formula is C11H15N3O2S. The van der Waals surface area contributed by atoms with Gasteiger partial charge in [-0.3, -0.25) is 4.99 Å². The van der Waals surface area contributed by atoms with E-state index in [0.29, 0.717) is 5.75 Å². The van der Waals surface area contributed by atoms with Gasteiger partial charge >= 0.3 is 0 Å². The predicted molar refractivity (Wildman–Crippen MR) is 67.5 cm³/mol. The molecule has 1 aliphatic rings. The summed E-state index contributed by atoms with van der Waals surface area (Å²) in [7, 11) is 0. The summed E-state index contributed by atoms with van der Waals surface area (Å²) in [5.74, 6) is 1.28. The molecule has 2 heterocycles. The molecule has 0 aliphatic carbocycles. The van der Waals surface area contributed by atoms with Gasteiger partial charge in [-0.2, -0.15) is 0 Å². The topological polar surface area (TPSA) is 77.7 Å². The first-order valence-electron chi connectivity index (χ1n) is 5.46. The average molecular weight is 253 g/mol. The van der Waals surface area contributed by atoms with Crippen molar-refractivity contribution < 1.29 is 10.2 Å². The molecule has 0 saturated carbocycles. The Morgan fingerprint density at radius 1 is 1.53 bits per heavy atom. The largest absolute Gasteiger partial charge is 0.394 e. The molecule has 5 nitrogen and oxygen atoms in total. The first-order valence-corrected chi connectivity index (χ1v) is 6.45. The Kier molecular flexibility index (Phi) is 4.36. The number of aromatic nitrogens is 1. The van der Waals surface area contributed by atoms with Crippen LogP contribution >= 0.6 is 11.8 Å². The maximum absolute atomic E-state index is 9.33. The van der Waals surface area contributed by atoms with Crippen LogP contribution in [0.5, 0.6) is 0 Å². The number of nitrogens with one attached hydrogen (secondary N) is 1. The molecule has 1 unspecified atom stereocenters. The average Bonchev–Trinajstić information content (AvgIpc) is 2.90. The van der Waals surface area contributed by atoms with Gasteiger partial charge in [-0.05, 0) is 12.1 Å². The lowest BCUT2D eigenvalue weighted by Gasteiger charge is -2.10. The van der Waals surface area contributed by atoms with Gasteiger partial charge in [0.2, 0.25) is 0 Å². The fourth-order valence-electron chi connectivity index (χ4n) is 1.49. The molecule has 0 radical (unpaired) electrons. The normalized spacial score (nSPS) is 16.5. The Hall–Kier alpha value is -1.11. The summed E-state index contributed by atoms with van der Waals surface area (Å²) in [4.78, 5) is 8.63. The van der Waals surface area contributed by atoms with Crippen molar-refractivity contribution in [3.8, 4) is 0 Å². The SMILES string of the molecule is OCC(O)CSc1ncccc1C1=NCCN1. The van der Waals surface area contributed by atoms with Crippen molar-refractivity contribution in [2.24, 2.45) is 4.99 Å². The lowest BCUT2D eigenvalue weighted by Crippen LogP contribution is -2.21. The van der Waals surface area contributed by atoms with Crippen LogP contribution in [0.25, 0.3) is 0 Å². The quantitative estimate of drug-likeness (QED) is 0.638. The molecule has 0 spiro atoms. The van der Waals surface area contributed by atoms with E-state index < -0.39 is 6.10 Å². The number of pyridine rings is 1. The second kappa shape index (κ2) is 6.00. The number of hydrogen-bond acceptors (Lipinski definition) is 6. The molecule has 0 fully saturated rings. The number of amidine groups is 1. The minimum absolute atomic E-state index is 0.228. The summed E-state index contributed by atoms with van der Waals surface area (Å²) >= 11 is 1.42. The second-order valence-electron chi connectivity index (χ2n) is 3.66. The van der Waals surface area contributed by atoms with Crippen molar-refractivity contribution in [3.63, 3.8) is 0 Å². The first-order chi connectivity index (χ1) is 8.31. The lowest BCUT2D eigenvalue weighted by molar-refractivity contribution is 0.113. The van der Waals surface area contributed by atoms with Gasteiger partial charge in [-0.25, -0.2) is 4.98 Å². The fourth-order valence-corrected chi connectivity index (χ4v) is 2.40. The molecule has 3 N–H and O–H groups in total. The fraction of sp³-hybridized carbons (Fsp3) is 0.455. The smallest absolute Gasteiger partial charge is 0.131 e. The lowest BCUT2D eigenvalue weighted by atomic mass is 10.2. The number of hydrogen-bond donors (Lipinski definition) is 3. The zero-order valence-electron chi connectivity index (χ0n) is 9.33. The molecule has 6 heteroatoms. The third-order valence-corrected chi connectivity index (χ3v) is 3.47. The highest BCUT2D eigenvalue weighted by Gasteiger charge is 2.14. The van der Waals surface area contributed by atoms with E-state index >= 15 is 0 Å². The third kappa shape index (κ3) is 3.18. The number of aliphatic hydroxyl groups is 2. The molecule has 0 aromatic carbocycles. The molecule has 17 heavy (non-hydrogen) atoms. The maximum Gasteiger partial charge on any atom is 0.131 e. The molecule has 0 saturated heterocycles. The van der Waals surface area contributed by atoms with Crippen LogP contribution in [0, 0.1) is 0 Å². The molecule has 1 atom stereocenters. The highest BCUT2D eigenvalue weighted by molar-refractivity contribution is 7.99. The Bertz CT molecular complexity index is 411. The summed E-state index contributed by atoms with van der Waals surface area (Å²) in [5.41, 5.74) is 0.958. The highest BCUT2D eigenvalue weighted by atomic mass is 32.2. The second-order valence-corrected chi connectivity index (χ2v) is 4.67. The van der Waals surface area contributed by atoms with Gasteiger partial charge in [0, 0.05) is 24.1 Å². The summed E-state index contributed by atoms with van der Waals surface area (Å²) in [5, 5.41) is 22.1. The van der Waals surface area contributed by atoms with Crippen molar-refractivity contribution in [1.82, 2.24) is 10.3 Å². The molecule has 0 bridgehead atoms. The number of thioether (sulfide) groups is 1. The van der Waals surface area contributed by atoms with Crippen LogP contribution in [0.3, 0.4) is 0 Å². The standard InChI is InChI=1S/C11H15N3O2S/c15-6-8(16)7-17-11-9(2-1-3-14-11)10-12-4-5-13-10/h1-3,8,15-16H,4-7H2,(H,12,13). The van der Waals surface area contributed by atoms with Crippen LogP contribution in [0.4, 0.5) is 0 Å². The van der Waals surface area contributed by atoms with E-state index in [4.69, 9.17) is 5.11 Å². The molecular weight excluding hydrogens is 238 g/mol. The maximum atomic E-state index is 9.33. The van der Waals surface area contributed by atoms with Crippen LogP contribution < -0.4 is 5.32 Å². The molecule has 92 valence electrons.